The van der Waals surface area contributed by atoms with Gasteiger partial charge in [-0.1, -0.05) is 18.2 Å². The standard InChI is InChI=1S/C23H24N4O3/c1-15-12-18(20-4-2-3-5-21(20)25-15)14-30-19-8-6-16(7-9-19)23(29)26-27-11-10-17(13-27)22(24)28/h2-9,12,17H,10-11,13-14H2,1H3,(H2,24,28)(H,26,29). The van der Waals surface area contributed by atoms with Crippen molar-refractivity contribution in [3.05, 3.63) is 71.4 Å². The zero-order valence-electron chi connectivity index (χ0n) is 16.8. The lowest BCUT2D eigenvalue weighted by Crippen LogP contribution is -2.41. The van der Waals surface area contributed by atoms with E-state index in [2.05, 4.69) is 10.4 Å². The van der Waals surface area contributed by atoms with E-state index in [0.717, 1.165) is 22.2 Å². The topological polar surface area (TPSA) is 97.5 Å². The minimum atomic E-state index is -0.328. The van der Waals surface area contributed by atoms with Gasteiger partial charge in [-0.3, -0.25) is 20.0 Å². The molecule has 7 nitrogen and oxygen atoms in total. The minimum absolute atomic E-state index is 0.214. The van der Waals surface area contributed by atoms with Gasteiger partial charge in [0.05, 0.1) is 11.4 Å². The molecule has 1 aromatic heterocycles. The number of rotatable bonds is 6. The number of nitrogens with zero attached hydrogens (tertiary/aromatic N) is 2. The molecule has 0 aliphatic carbocycles. The third kappa shape index (κ3) is 4.41. The van der Waals surface area contributed by atoms with Crippen molar-refractivity contribution in [3.8, 4) is 5.75 Å². The van der Waals surface area contributed by atoms with E-state index < -0.39 is 0 Å². The van der Waals surface area contributed by atoms with Gasteiger partial charge in [0.15, 0.2) is 0 Å². The van der Waals surface area contributed by atoms with Gasteiger partial charge >= 0.3 is 0 Å². The number of pyridine rings is 1. The fourth-order valence-electron chi connectivity index (χ4n) is 3.68. The lowest BCUT2D eigenvalue weighted by Gasteiger charge is -2.17. The Morgan fingerprint density at radius 3 is 2.70 bits per heavy atom. The maximum Gasteiger partial charge on any atom is 0.265 e. The van der Waals surface area contributed by atoms with Crippen LogP contribution in [-0.4, -0.2) is 34.9 Å². The van der Waals surface area contributed by atoms with Gasteiger partial charge in [-0.05, 0) is 49.7 Å². The highest BCUT2D eigenvalue weighted by molar-refractivity contribution is 5.94. The molecule has 1 fully saturated rings. The smallest absolute Gasteiger partial charge is 0.265 e. The summed E-state index contributed by atoms with van der Waals surface area (Å²) in [7, 11) is 0. The highest BCUT2D eigenvalue weighted by Crippen LogP contribution is 2.21. The average molecular weight is 404 g/mol. The Balaban J connectivity index is 1.37. The fraction of sp³-hybridized carbons (Fsp3) is 0.261. The van der Waals surface area contributed by atoms with Crippen LogP contribution in [0.25, 0.3) is 10.9 Å². The van der Waals surface area contributed by atoms with Gasteiger partial charge in [-0.25, -0.2) is 5.01 Å². The number of ether oxygens (including phenoxy) is 1. The summed E-state index contributed by atoms with van der Waals surface area (Å²) in [5.74, 6) is -0.0816. The van der Waals surface area contributed by atoms with Crippen LogP contribution in [0.3, 0.4) is 0 Å². The van der Waals surface area contributed by atoms with Gasteiger partial charge in [0.1, 0.15) is 12.4 Å². The molecule has 1 aliphatic heterocycles. The van der Waals surface area contributed by atoms with Gasteiger partial charge in [-0.15, -0.1) is 0 Å². The lowest BCUT2D eigenvalue weighted by atomic mass is 10.1. The highest BCUT2D eigenvalue weighted by Gasteiger charge is 2.27. The average Bonchev–Trinajstić information content (AvgIpc) is 3.21. The molecule has 3 aromatic rings. The van der Waals surface area contributed by atoms with Crippen molar-refractivity contribution in [3.63, 3.8) is 0 Å². The van der Waals surface area contributed by atoms with Crippen LogP contribution in [0.15, 0.2) is 54.6 Å². The molecule has 1 unspecified atom stereocenters. The molecule has 2 amide bonds. The highest BCUT2D eigenvalue weighted by atomic mass is 16.5. The number of aryl methyl sites for hydroxylation is 1. The van der Waals surface area contributed by atoms with Crippen molar-refractivity contribution in [2.75, 3.05) is 13.1 Å². The molecular formula is C23H24N4O3. The normalized spacial score (nSPS) is 16.5. The first-order valence-electron chi connectivity index (χ1n) is 9.93. The van der Waals surface area contributed by atoms with Crippen LogP contribution in [0.1, 0.15) is 28.0 Å². The molecule has 30 heavy (non-hydrogen) atoms. The van der Waals surface area contributed by atoms with E-state index in [1.165, 1.54) is 0 Å². The Labute approximate surface area is 174 Å². The van der Waals surface area contributed by atoms with Gasteiger partial charge in [0, 0.05) is 35.3 Å². The van der Waals surface area contributed by atoms with Crippen molar-refractivity contribution in [2.45, 2.75) is 20.0 Å². The van der Waals surface area contributed by atoms with E-state index in [1.807, 2.05) is 37.3 Å². The van der Waals surface area contributed by atoms with E-state index in [9.17, 15) is 9.59 Å². The summed E-state index contributed by atoms with van der Waals surface area (Å²) in [6.07, 6.45) is 0.658. The largest absolute Gasteiger partial charge is 0.489 e. The quantitative estimate of drug-likeness (QED) is 0.658. The Kier molecular flexibility index (Phi) is 5.63. The maximum atomic E-state index is 12.4. The van der Waals surface area contributed by atoms with Crippen molar-refractivity contribution in [1.29, 1.82) is 0 Å². The molecule has 4 rings (SSSR count). The first-order valence-corrected chi connectivity index (χ1v) is 9.93. The number of aromatic nitrogens is 1. The molecular weight excluding hydrogens is 380 g/mol. The van der Waals surface area contributed by atoms with Gasteiger partial charge < -0.3 is 10.5 Å². The number of nitrogens with two attached hydrogens (primary N) is 1. The summed E-state index contributed by atoms with van der Waals surface area (Å²) in [5, 5.41) is 2.80. The fourth-order valence-corrected chi connectivity index (χ4v) is 3.68. The molecule has 0 spiro atoms. The van der Waals surface area contributed by atoms with Crippen molar-refractivity contribution in [1.82, 2.24) is 15.4 Å². The Bertz CT molecular complexity index is 1080. The first-order chi connectivity index (χ1) is 14.5. The van der Waals surface area contributed by atoms with E-state index in [4.69, 9.17) is 10.5 Å². The van der Waals surface area contributed by atoms with Crippen LogP contribution < -0.4 is 15.9 Å². The monoisotopic (exact) mass is 404 g/mol. The first kappa shape index (κ1) is 19.8. The summed E-state index contributed by atoms with van der Waals surface area (Å²) < 4.78 is 5.94. The Hall–Kier alpha value is -3.45. The second-order valence-corrected chi connectivity index (χ2v) is 7.53. The van der Waals surface area contributed by atoms with Crippen molar-refractivity contribution < 1.29 is 14.3 Å². The van der Waals surface area contributed by atoms with E-state index in [0.29, 0.717) is 37.4 Å². The number of hydrazine groups is 1. The second-order valence-electron chi connectivity index (χ2n) is 7.53. The predicted octanol–water partition coefficient (Wildman–Crippen LogP) is 2.57. The molecule has 1 saturated heterocycles. The molecule has 2 heterocycles. The van der Waals surface area contributed by atoms with Crippen LogP contribution >= 0.6 is 0 Å². The van der Waals surface area contributed by atoms with Crippen molar-refractivity contribution >= 4 is 22.7 Å². The van der Waals surface area contributed by atoms with Gasteiger partial charge in [-0.2, -0.15) is 0 Å². The summed E-state index contributed by atoms with van der Waals surface area (Å²) in [4.78, 5) is 28.2. The number of benzene rings is 2. The third-order valence-corrected chi connectivity index (χ3v) is 5.29. The number of hydrogen-bond donors (Lipinski definition) is 2. The molecule has 154 valence electrons. The molecule has 0 bridgehead atoms. The van der Waals surface area contributed by atoms with Gasteiger partial charge in [0.2, 0.25) is 5.91 Å². The van der Waals surface area contributed by atoms with Crippen LogP contribution in [0, 0.1) is 12.8 Å². The molecule has 0 saturated carbocycles. The molecule has 0 radical (unpaired) electrons. The van der Waals surface area contributed by atoms with Crippen LogP contribution in [0.5, 0.6) is 5.75 Å². The second kappa shape index (κ2) is 8.51. The van der Waals surface area contributed by atoms with Gasteiger partial charge in [0.25, 0.3) is 5.91 Å². The SMILES string of the molecule is Cc1cc(COc2ccc(C(=O)NN3CCC(C(N)=O)C3)cc2)c2ccccc2n1. The van der Waals surface area contributed by atoms with Crippen LogP contribution in [-0.2, 0) is 11.4 Å². The summed E-state index contributed by atoms with van der Waals surface area (Å²) in [6, 6.07) is 17.0. The predicted molar refractivity (Wildman–Crippen MR) is 114 cm³/mol. The molecule has 2 aromatic carbocycles. The zero-order valence-corrected chi connectivity index (χ0v) is 16.8. The van der Waals surface area contributed by atoms with E-state index in [-0.39, 0.29) is 17.7 Å². The van der Waals surface area contributed by atoms with Crippen molar-refractivity contribution in [2.24, 2.45) is 11.7 Å². The Morgan fingerprint density at radius 2 is 1.97 bits per heavy atom. The minimum Gasteiger partial charge on any atom is -0.489 e. The molecule has 3 N–H and O–H groups in total. The zero-order chi connectivity index (χ0) is 21.1. The summed E-state index contributed by atoms with van der Waals surface area (Å²) in [6.45, 7) is 3.44. The molecule has 1 atom stereocenters. The number of hydrogen-bond acceptors (Lipinski definition) is 5. The number of amides is 2. The third-order valence-electron chi connectivity index (χ3n) is 5.29. The van der Waals surface area contributed by atoms with E-state index >= 15 is 0 Å². The maximum absolute atomic E-state index is 12.4. The number of fused-ring (bicyclic) bond motifs is 1. The number of nitrogens with one attached hydrogen (secondary N) is 1. The number of para-hydroxylation sites is 1. The summed E-state index contributed by atoms with van der Waals surface area (Å²) >= 11 is 0. The molecule has 1 aliphatic rings. The lowest BCUT2D eigenvalue weighted by molar-refractivity contribution is -0.121. The molecule has 7 heteroatoms. The Morgan fingerprint density at radius 1 is 1.20 bits per heavy atom. The van der Waals surface area contributed by atoms with E-state index in [1.54, 1.807) is 29.3 Å². The number of carbonyl (C=O) groups excluding carboxylic acids is 2. The van der Waals surface area contributed by atoms with Crippen LogP contribution in [0.4, 0.5) is 0 Å². The number of carbonyl (C=O) groups is 2. The number of primary amides is 1. The summed E-state index contributed by atoms with van der Waals surface area (Å²) in [5.41, 5.74) is 11.6. The van der Waals surface area contributed by atoms with Crippen LogP contribution in [0.2, 0.25) is 0 Å².